The lowest BCUT2D eigenvalue weighted by Gasteiger charge is -2.41. The zero-order valence-corrected chi connectivity index (χ0v) is 15.2. The molecular formula is C16H21N7O2S. The lowest BCUT2D eigenvalue weighted by molar-refractivity contribution is 0.267. The fraction of sp³-hybridized carbons (Fsp3) is 0.562. The molecule has 26 heavy (non-hydrogen) atoms. The first-order valence-corrected chi connectivity index (χ1v) is 10.2. The third-order valence-electron chi connectivity index (χ3n) is 5.09. The van der Waals surface area contributed by atoms with Crippen LogP contribution in [0.2, 0.25) is 0 Å². The molecule has 0 atom stereocenters. The smallest absolute Gasteiger partial charge is 0.280 e. The highest BCUT2D eigenvalue weighted by atomic mass is 32.2. The minimum atomic E-state index is -3.54. The summed E-state index contributed by atoms with van der Waals surface area (Å²) < 4.78 is 29.6. The molecule has 2 aliphatic rings. The van der Waals surface area contributed by atoms with E-state index in [1.165, 1.54) is 6.33 Å². The lowest BCUT2D eigenvalue weighted by Crippen LogP contribution is -2.59. The molecule has 138 valence electrons. The number of H-pyrrole nitrogens is 1. The Kier molecular flexibility index (Phi) is 4.30. The van der Waals surface area contributed by atoms with Gasteiger partial charge in [-0.1, -0.05) is 0 Å². The second-order valence-corrected chi connectivity index (χ2v) is 8.50. The predicted molar refractivity (Wildman–Crippen MR) is 96.5 cm³/mol. The van der Waals surface area contributed by atoms with Crippen molar-refractivity contribution in [3.63, 3.8) is 0 Å². The summed E-state index contributed by atoms with van der Waals surface area (Å²) in [7, 11) is -3.54. The molecule has 1 aliphatic heterocycles. The Morgan fingerprint density at radius 3 is 2.96 bits per heavy atom. The molecule has 0 radical (unpaired) electrons. The fourth-order valence-electron chi connectivity index (χ4n) is 3.63. The van der Waals surface area contributed by atoms with Crippen molar-refractivity contribution in [2.75, 3.05) is 31.1 Å². The van der Waals surface area contributed by atoms with Crippen LogP contribution in [0.1, 0.15) is 25.7 Å². The Morgan fingerprint density at radius 2 is 2.19 bits per heavy atom. The third-order valence-corrected chi connectivity index (χ3v) is 6.81. The first-order valence-electron chi connectivity index (χ1n) is 8.73. The van der Waals surface area contributed by atoms with E-state index in [9.17, 15) is 8.42 Å². The van der Waals surface area contributed by atoms with Gasteiger partial charge in [-0.3, -0.25) is 0 Å². The number of nitrogens with zero attached hydrogens (tertiary/aromatic N) is 5. The van der Waals surface area contributed by atoms with Crippen LogP contribution in [0, 0.1) is 11.3 Å². The van der Waals surface area contributed by atoms with E-state index in [-0.39, 0.29) is 5.54 Å². The standard InChI is InChI=1S/C16H21N7O2S/c17-6-1-2-7-21-26(24,25)23-10-9-22(11-16(23)4-5-16)15-13-3-8-18-14(13)19-12-20-15/h3,8,12,21H,1-2,4-5,7,9-11H2,(H,18,19,20). The summed E-state index contributed by atoms with van der Waals surface area (Å²) in [5.41, 5.74) is 0.432. The van der Waals surface area contributed by atoms with Crippen LogP contribution < -0.4 is 9.62 Å². The van der Waals surface area contributed by atoms with E-state index in [0.29, 0.717) is 39.0 Å². The Bertz CT molecular complexity index is 945. The molecule has 10 heteroatoms. The summed E-state index contributed by atoms with van der Waals surface area (Å²) >= 11 is 0. The van der Waals surface area contributed by atoms with Crippen molar-refractivity contribution in [2.45, 2.75) is 31.2 Å². The van der Waals surface area contributed by atoms with Gasteiger partial charge in [-0.15, -0.1) is 0 Å². The van der Waals surface area contributed by atoms with Crippen LogP contribution in [-0.4, -0.2) is 59.4 Å². The molecule has 0 amide bonds. The van der Waals surface area contributed by atoms with Crippen molar-refractivity contribution >= 4 is 27.1 Å². The van der Waals surface area contributed by atoms with Gasteiger partial charge in [0, 0.05) is 38.8 Å². The van der Waals surface area contributed by atoms with Crippen LogP contribution in [0.25, 0.3) is 11.0 Å². The van der Waals surface area contributed by atoms with Gasteiger partial charge in [0.05, 0.1) is 17.0 Å². The van der Waals surface area contributed by atoms with Crippen LogP contribution in [0.15, 0.2) is 18.6 Å². The Hall–Kier alpha value is -2.22. The SMILES string of the molecule is N#CCCCNS(=O)(=O)N1CCN(c2ncnc3[nH]ccc23)CC12CC2. The second-order valence-electron chi connectivity index (χ2n) is 6.82. The number of anilines is 1. The summed E-state index contributed by atoms with van der Waals surface area (Å²) in [6.07, 6.45) is 5.94. The number of fused-ring (bicyclic) bond motifs is 1. The van der Waals surface area contributed by atoms with Crippen LogP contribution >= 0.6 is 0 Å². The molecule has 1 spiro atoms. The van der Waals surface area contributed by atoms with E-state index in [1.54, 1.807) is 4.31 Å². The van der Waals surface area contributed by atoms with Gasteiger partial charge in [0.25, 0.3) is 10.2 Å². The average molecular weight is 375 g/mol. The molecule has 4 rings (SSSR count). The van der Waals surface area contributed by atoms with Crippen LogP contribution in [0.5, 0.6) is 0 Å². The zero-order valence-electron chi connectivity index (χ0n) is 14.3. The van der Waals surface area contributed by atoms with Gasteiger partial charge in [-0.2, -0.15) is 18.0 Å². The molecule has 3 heterocycles. The molecule has 1 saturated heterocycles. The minimum Gasteiger partial charge on any atom is -0.353 e. The Balaban J connectivity index is 1.51. The number of hydrogen-bond donors (Lipinski definition) is 2. The highest BCUT2D eigenvalue weighted by Crippen LogP contribution is 2.46. The number of hydrogen-bond acceptors (Lipinski definition) is 6. The highest BCUT2D eigenvalue weighted by molar-refractivity contribution is 7.87. The number of nitrogens with one attached hydrogen (secondary N) is 2. The molecule has 0 bridgehead atoms. The highest BCUT2D eigenvalue weighted by Gasteiger charge is 2.55. The number of piperazine rings is 1. The molecule has 2 aromatic heterocycles. The van der Waals surface area contributed by atoms with E-state index in [2.05, 4.69) is 24.6 Å². The predicted octanol–water partition coefficient (Wildman–Crippen LogP) is 0.751. The first-order chi connectivity index (χ1) is 12.6. The number of aromatic nitrogens is 3. The largest absolute Gasteiger partial charge is 0.353 e. The van der Waals surface area contributed by atoms with Crippen molar-refractivity contribution < 1.29 is 8.42 Å². The maximum atomic E-state index is 12.7. The minimum absolute atomic E-state index is 0.294. The van der Waals surface area contributed by atoms with E-state index in [4.69, 9.17) is 5.26 Å². The van der Waals surface area contributed by atoms with Gasteiger partial charge in [-0.05, 0) is 25.3 Å². The van der Waals surface area contributed by atoms with Crippen LogP contribution in [-0.2, 0) is 10.2 Å². The zero-order chi connectivity index (χ0) is 18.2. The maximum Gasteiger partial charge on any atom is 0.280 e. The van der Waals surface area contributed by atoms with Crippen molar-refractivity contribution in [1.29, 1.82) is 5.26 Å². The number of aromatic amines is 1. The number of rotatable bonds is 6. The molecule has 2 N–H and O–H groups in total. The first kappa shape index (κ1) is 17.2. The molecule has 1 aliphatic carbocycles. The molecule has 0 aromatic carbocycles. The second kappa shape index (κ2) is 6.50. The Morgan fingerprint density at radius 1 is 1.35 bits per heavy atom. The van der Waals surface area contributed by atoms with Crippen molar-refractivity contribution in [2.24, 2.45) is 0 Å². The fourth-order valence-corrected chi connectivity index (χ4v) is 5.26. The molecule has 2 fully saturated rings. The number of nitriles is 1. The molecule has 1 saturated carbocycles. The van der Waals surface area contributed by atoms with E-state index >= 15 is 0 Å². The molecular weight excluding hydrogens is 354 g/mol. The third kappa shape index (κ3) is 3.02. The van der Waals surface area contributed by atoms with E-state index in [1.807, 2.05) is 18.3 Å². The van der Waals surface area contributed by atoms with Gasteiger partial charge in [0.1, 0.15) is 17.8 Å². The topological polar surface area (TPSA) is 118 Å². The van der Waals surface area contributed by atoms with Gasteiger partial charge < -0.3 is 9.88 Å². The Labute approximate surface area is 152 Å². The van der Waals surface area contributed by atoms with Gasteiger partial charge in [-0.25, -0.2) is 14.7 Å². The normalized spacial score (nSPS) is 19.7. The van der Waals surface area contributed by atoms with Gasteiger partial charge in [0.2, 0.25) is 0 Å². The monoisotopic (exact) mass is 375 g/mol. The summed E-state index contributed by atoms with van der Waals surface area (Å²) in [5.74, 6) is 0.849. The van der Waals surface area contributed by atoms with Crippen LogP contribution in [0.3, 0.4) is 0 Å². The van der Waals surface area contributed by atoms with Crippen molar-refractivity contribution in [3.8, 4) is 6.07 Å². The summed E-state index contributed by atoms with van der Waals surface area (Å²) in [6.45, 7) is 1.92. The van der Waals surface area contributed by atoms with Crippen molar-refractivity contribution in [1.82, 2.24) is 24.0 Å². The molecule has 0 unspecified atom stereocenters. The van der Waals surface area contributed by atoms with Gasteiger partial charge in [0.15, 0.2) is 0 Å². The summed E-state index contributed by atoms with van der Waals surface area (Å²) in [5, 5.41) is 9.53. The number of unbranched alkanes of at least 4 members (excludes halogenated alkanes) is 1. The summed E-state index contributed by atoms with van der Waals surface area (Å²) in [6, 6.07) is 3.98. The van der Waals surface area contributed by atoms with E-state index < -0.39 is 10.2 Å². The van der Waals surface area contributed by atoms with Crippen molar-refractivity contribution in [3.05, 3.63) is 18.6 Å². The quantitative estimate of drug-likeness (QED) is 0.720. The van der Waals surface area contributed by atoms with Gasteiger partial charge >= 0.3 is 0 Å². The van der Waals surface area contributed by atoms with Crippen LogP contribution in [0.4, 0.5) is 5.82 Å². The van der Waals surface area contributed by atoms with E-state index in [0.717, 1.165) is 29.7 Å². The summed E-state index contributed by atoms with van der Waals surface area (Å²) in [4.78, 5) is 13.9. The molecule has 9 nitrogen and oxygen atoms in total. The average Bonchev–Trinajstić information content (AvgIpc) is 3.20. The molecule has 2 aromatic rings. The maximum absolute atomic E-state index is 12.7. The lowest BCUT2D eigenvalue weighted by atomic mass is 10.2.